The summed E-state index contributed by atoms with van der Waals surface area (Å²) >= 11 is 0. The number of methoxy groups -OCH3 is 1. The molecule has 0 bridgehead atoms. The Morgan fingerprint density at radius 1 is 1.53 bits per heavy atom. The van der Waals surface area contributed by atoms with Crippen LogP contribution in [0.15, 0.2) is 18.2 Å². The third kappa shape index (κ3) is 4.50. The highest BCUT2D eigenvalue weighted by Gasteiger charge is 2.15. The van der Waals surface area contributed by atoms with Gasteiger partial charge in [-0.15, -0.1) is 0 Å². The minimum absolute atomic E-state index is 0.0305. The number of nitro groups is 1. The Morgan fingerprint density at radius 2 is 2.26 bits per heavy atom. The SMILES string of the molecule is CCC(CCO)NCc1ccc(OC)c([N+](=O)[O-])c1. The first kappa shape index (κ1) is 15.4. The molecule has 0 aromatic heterocycles. The number of aliphatic hydroxyl groups is 1. The lowest BCUT2D eigenvalue weighted by molar-refractivity contribution is -0.385. The molecule has 6 nitrogen and oxygen atoms in total. The average Bonchev–Trinajstić information content (AvgIpc) is 2.43. The summed E-state index contributed by atoms with van der Waals surface area (Å²) in [5.41, 5.74) is 0.792. The van der Waals surface area contributed by atoms with Crippen molar-refractivity contribution in [3.8, 4) is 5.75 Å². The zero-order valence-electron chi connectivity index (χ0n) is 11.3. The van der Waals surface area contributed by atoms with Crippen LogP contribution in [0.5, 0.6) is 5.75 Å². The predicted molar refractivity (Wildman–Crippen MR) is 72.3 cm³/mol. The number of hydrogen-bond donors (Lipinski definition) is 2. The van der Waals surface area contributed by atoms with E-state index in [0.29, 0.717) is 13.0 Å². The first-order valence-corrected chi connectivity index (χ1v) is 6.27. The van der Waals surface area contributed by atoms with Crippen molar-refractivity contribution in [2.24, 2.45) is 0 Å². The third-order valence-electron chi connectivity index (χ3n) is 3.01. The highest BCUT2D eigenvalue weighted by Crippen LogP contribution is 2.27. The lowest BCUT2D eigenvalue weighted by atomic mass is 10.1. The van der Waals surface area contributed by atoms with Crippen molar-refractivity contribution < 1.29 is 14.8 Å². The van der Waals surface area contributed by atoms with Crippen LogP contribution < -0.4 is 10.1 Å². The van der Waals surface area contributed by atoms with Gasteiger partial charge in [-0.25, -0.2) is 0 Å². The molecule has 0 saturated carbocycles. The Hall–Kier alpha value is -1.66. The molecule has 1 rings (SSSR count). The van der Waals surface area contributed by atoms with Crippen LogP contribution >= 0.6 is 0 Å². The summed E-state index contributed by atoms with van der Waals surface area (Å²) in [4.78, 5) is 10.5. The maximum absolute atomic E-state index is 10.9. The molecule has 1 unspecified atom stereocenters. The normalized spacial score (nSPS) is 12.2. The van der Waals surface area contributed by atoms with E-state index in [1.54, 1.807) is 12.1 Å². The summed E-state index contributed by atoms with van der Waals surface area (Å²) in [5.74, 6) is 0.260. The van der Waals surface area contributed by atoms with Crippen molar-refractivity contribution in [2.45, 2.75) is 32.4 Å². The van der Waals surface area contributed by atoms with E-state index in [4.69, 9.17) is 9.84 Å². The van der Waals surface area contributed by atoms with Crippen molar-refractivity contribution >= 4 is 5.69 Å². The van der Waals surface area contributed by atoms with Gasteiger partial charge in [0.25, 0.3) is 0 Å². The maximum atomic E-state index is 10.9. The Kier molecular flexibility index (Phi) is 6.24. The summed E-state index contributed by atoms with van der Waals surface area (Å²) in [7, 11) is 1.41. The number of aliphatic hydroxyl groups excluding tert-OH is 1. The summed E-state index contributed by atoms with van der Waals surface area (Å²) in [6.45, 7) is 2.70. The van der Waals surface area contributed by atoms with E-state index in [0.717, 1.165) is 12.0 Å². The van der Waals surface area contributed by atoms with Crippen molar-refractivity contribution in [1.82, 2.24) is 5.32 Å². The molecule has 1 aromatic rings. The molecule has 0 heterocycles. The second kappa shape index (κ2) is 7.70. The zero-order valence-corrected chi connectivity index (χ0v) is 11.3. The molecule has 0 aliphatic carbocycles. The Bertz CT molecular complexity index is 423. The van der Waals surface area contributed by atoms with E-state index in [1.807, 2.05) is 6.92 Å². The zero-order chi connectivity index (χ0) is 14.3. The largest absolute Gasteiger partial charge is 0.490 e. The second-order valence-corrected chi connectivity index (χ2v) is 4.26. The standard InChI is InChI=1S/C13H20N2O4/c1-3-11(6-7-16)14-9-10-4-5-13(19-2)12(8-10)15(17)18/h4-5,8,11,14,16H,3,6-7,9H2,1-2H3. The smallest absolute Gasteiger partial charge is 0.311 e. The first-order valence-electron chi connectivity index (χ1n) is 6.27. The highest BCUT2D eigenvalue weighted by molar-refractivity contribution is 5.48. The molecule has 1 aromatic carbocycles. The van der Waals surface area contributed by atoms with Crippen LogP contribution in [0.25, 0.3) is 0 Å². The molecule has 0 aliphatic rings. The van der Waals surface area contributed by atoms with Gasteiger partial charge in [-0.1, -0.05) is 13.0 Å². The fourth-order valence-electron chi connectivity index (χ4n) is 1.86. The van der Waals surface area contributed by atoms with Gasteiger partial charge in [-0.05, 0) is 24.5 Å². The van der Waals surface area contributed by atoms with E-state index in [2.05, 4.69) is 5.32 Å². The minimum Gasteiger partial charge on any atom is -0.490 e. The number of nitro benzene ring substituents is 1. The summed E-state index contributed by atoms with van der Waals surface area (Å²) in [6, 6.07) is 5.12. The Labute approximate surface area is 112 Å². The van der Waals surface area contributed by atoms with Crippen LogP contribution in [0, 0.1) is 10.1 Å². The summed E-state index contributed by atoms with van der Waals surface area (Å²) < 4.78 is 4.95. The molecule has 0 amide bonds. The monoisotopic (exact) mass is 268 g/mol. The lowest BCUT2D eigenvalue weighted by Crippen LogP contribution is -2.28. The highest BCUT2D eigenvalue weighted by atomic mass is 16.6. The molecular weight excluding hydrogens is 248 g/mol. The summed E-state index contributed by atoms with van der Waals surface area (Å²) in [5, 5.41) is 23.1. The van der Waals surface area contributed by atoms with Gasteiger partial charge in [-0.2, -0.15) is 0 Å². The van der Waals surface area contributed by atoms with Crippen LogP contribution in [-0.4, -0.2) is 29.8 Å². The molecule has 0 saturated heterocycles. The average molecular weight is 268 g/mol. The van der Waals surface area contributed by atoms with E-state index in [-0.39, 0.29) is 24.1 Å². The van der Waals surface area contributed by atoms with Gasteiger partial charge in [0.15, 0.2) is 5.75 Å². The van der Waals surface area contributed by atoms with Crippen molar-refractivity contribution in [2.75, 3.05) is 13.7 Å². The van der Waals surface area contributed by atoms with Gasteiger partial charge in [0.1, 0.15) is 0 Å². The van der Waals surface area contributed by atoms with Gasteiger partial charge in [0, 0.05) is 25.3 Å². The van der Waals surface area contributed by atoms with Gasteiger partial charge in [0.05, 0.1) is 12.0 Å². The van der Waals surface area contributed by atoms with E-state index < -0.39 is 4.92 Å². The molecule has 19 heavy (non-hydrogen) atoms. The van der Waals surface area contributed by atoms with Crippen molar-refractivity contribution in [3.05, 3.63) is 33.9 Å². The lowest BCUT2D eigenvalue weighted by Gasteiger charge is -2.15. The maximum Gasteiger partial charge on any atom is 0.311 e. The van der Waals surface area contributed by atoms with Crippen LogP contribution in [0.4, 0.5) is 5.69 Å². The van der Waals surface area contributed by atoms with E-state index in [1.165, 1.54) is 13.2 Å². The molecule has 0 fully saturated rings. The molecule has 0 radical (unpaired) electrons. The third-order valence-corrected chi connectivity index (χ3v) is 3.01. The number of nitrogens with zero attached hydrogens (tertiary/aromatic N) is 1. The fourth-order valence-corrected chi connectivity index (χ4v) is 1.86. The number of benzene rings is 1. The molecular formula is C13H20N2O4. The van der Waals surface area contributed by atoms with Crippen LogP contribution in [0.2, 0.25) is 0 Å². The second-order valence-electron chi connectivity index (χ2n) is 4.26. The van der Waals surface area contributed by atoms with Gasteiger partial charge >= 0.3 is 5.69 Å². The predicted octanol–water partition coefficient (Wildman–Crippen LogP) is 1.85. The summed E-state index contributed by atoms with van der Waals surface area (Å²) in [6.07, 6.45) is 1.58. The van der Waals surface area contributed by atoms with Crippen LogP contribution in [0.3, 0.4) is 0 Å². The minimum atomic E-state index is -0.451. The molecule has 1 atom stereocenters. The van der Waals surface area contributed by atoms with E-state index in [9.17, 15) is 10.1 Å². The van der Waals surface area contributed by atoms with Crippen molar-refractivity contribution in [1.29, 1.82) is 0 Å². The molecule has 2 N–H and O–H groups in total. The Balaban J connectivity index is 2.74. The first-order chi connectivity index (χ1) is 9.12. The van der Waals surface area contributed by atoms with Gasteiger partial charge in [-0.3, -0.25) is 10.1 Å². The van der Waals surface area contributed by atoms with Crippen molar-refractivity contribution in [3.63, 3.8) is 0 Å². The molecule has 0 aliphatic heterocycles. The van der Waals surface area contributed by atoms with E-state index >= 15 is 0 Å². The van der Waals surface area contributed by atoms with Gasteiger partial charge < -0.3 is 15.2 Å². The topological polar surface area (TPSA) is 84.6 Å². The van der Waals surface area contributed by atoms with Crippen LogP contribution in [-0.2, 0) is 6.54 Å². The number of hydrogen-bond acceptors (Lipinski definition) is 5. The molecule has 6 heteroatoms. The van der Waals surface area contributed by atoms with Gasteiger partial charge in [0.2, 0.25) is 0 Å². The van der Waals surface area contributed by atoms with Crippen LogP contribution in [0.1, 0.15) is 25.3 Å². The Morgan fingerprint density at radius 3 is 2.79 bits per heavy atom. The number of ether oxygens (including phenoxy) is 1. The fraction of sp³-hybridized carbons (Fsp3) is 0.538. The quantitative estimate of drug-likeness (QED) is 0.555. The molecule has 106 valence electrons. The number of nitrogens with one attached hydrogen (secondary N) is 1. The molecule has 0 spiro atoms. The number of rotatable bonds is 8.